The van der Waals surface area contributed by atoms with E-state index in [2.05, 4.69) is 34.4 Å². The van der Waals surface area contributed by atoms with E-state index in [1.54, 1.807) is 6.20 Å². The van der Waals surface area contributed by atoms with Crippen LogP contribution in [0.1, 0.15) is 33.6 Å². The van der Waals surface area contributed by atoms with Gasteiger partial charge in [0.2, 0.25) is 5.95 Å². The van der Waals surface area contributed by atoms with Crippen LogP contribution >= 0.6 is 11.6 Å². The Hall–Kier alpha value is -1.07. The lowest BCUT2D eigenvalue weighted by Gasteiger charge is -2.29. The van der Waals surface area contributed by atoms with Gasteiger partial charge in [-0.3, -0.25) is 0 Å². The minimum absolute atomic E-state index is 0.132. The Labute approximate surface area is 119 Å². The molecule has 0 fully saturated rings. The van der Waals surface area contributed by atoms with E-state index in [1.165, 1.54) is 0 Å². The summed E-state index contributed by atoms with van der Waals surface area (Å²) < 4.78 is 0. The SMILES string of the molecule is CCNc1ncc(Cl)c(NCC(CC)(CC)CO)n1. The molecule has 0 atom stereocenters. The van der Waals surface area contributed by atoms with Gasteiger partial charge >= 0.3 is 0 Å². The Morgan fingerprint density at radius 3 is 2.47 bits per heavy atom. The monoisotopic (exact) mass is 286 g/mol. The van der Waals surface area contributed by atoms with Gasteiger partial charge in [0.25, 0.3) is 0 Å². The molecule has 0 aromatic carbocycles. The molecular weight excluding hydrogens is 264 g/mol. The highest BCUT2D eigenvalue weighted by Crippen LogP contribution is 2.27. The zero-order valence-corrected chi connectivity index (χ0v) is 12.6. The van der Waals surface area contributed by atoms with Crippen molar-refractivity contribution < 1.29 is 5.11 Å². The standard InChI is InChI=1S/C13H23ClN4O/c1-4-13(5-2,9-19)8-17-11-10(14)7-16-12(18-11)15-6-3/h7,19H,4-6,8-9H2,1-3H3,(H2,15,16,17,18). The molecule has 3 N–H and O–H groups in total. The summed E-state index contributed by atoms with van der Waals surface area (Å²) in [6, 6.07) is 0. The molecule has 1 aromatic rings. The molecule has 0 aliphatic rings. The number of anilines is 2. The van der Waals surface area contributed by atoms with Crippen LogP contribution in [-0.4, -0.2) is 34.8 Å². The second-order valence-corrected chi connectivity index (χ2v) is 5.05. The lowest BCUT2D eigenvalue weighted by Crippen LogP contribution is -2.32. The minimum Gasteiger partial charge on any atom is -0.396 e. The zero-order chi connectivity index (χ0) is 14.3. The van der Waals surface area contributed by atoms with Crippen molar-refractivity contribution in [3.05, 3.63) is 11.2 Å². The number of nitrogens with zero attached hydrogens (tertiary/aromatic N) is 2. The highest BCUT2D eigenvalue weighted by Gasteiger charge is 2.25. The van der Waals surface area contributed by atoms with Crippen LogP contribution in [-0.2, 0) is 0 Å². The van der Waals surface area contributed by atoms with Crippen LogP contribution in [0.4, 0.5) is 11.8 Å². The molecule has 5 nitrogen and oxygen atoms in total. The molecule has 1 rings (SSSR count). The van der Waals surface area contributed by atoms with Crippen LogP contribution in [0.15, 0.2) is 6.20 Å². The number of nitrogens with one attached hydrogen (secondary N) is 2. The third-order valence-electron chi connectivity index (χ3n) is 3.55. The molecular formula is C13H23ClN4O. The second kappa shape index (κ2) is 7.50. The summed E-state index contributed by atoms with van der Waals surface area (Å²) in [6.07, 6.45) is 3.37. The summed E-state index contributed by atoms with van der Waals surface area (Å²) in [5.74, 6) is 1.16. The lowest BCUT2D eigenvalue weighted by atomic mass is 9.83. The van der Waals surface area contributed by atoms with E-state index in [4.69, 9.17) is 11.6 Å². The Bertz CT molecular complexity index is 388. The molecule has 1 aromatic heterocycles. The molecule has 6 heteroatoms. The number of aromatic nitrogens is 2. The lowest BCUT2D eigenvalue weighted by molar-refractivity contribution is 0.127. The third kappa shape index (κ3) is 4.21. The zero-order valence-electron chi connectivity index (χ0n) is 11.8. The molecule has 19 heavy (non-hydrogen) atoms. The first-order valence-corrected chi connectivity index (χ1v) is 7.09. The maximum Gasteiger partial charge on any atom is 0.224 e. The molecule has 108 valence electrons. The van der Waals surface area contributed by atoms with Gasteiger partial charge in [-0.15, -0.1) is 0 Å². The van der Waals surface area contributed by atoms with Crippen LogP contribution in [0.2, 0.25) is 5.02 Å². The summed E-state index contributed by atoms with van der Waals surface area (Å²) in [5, 5.41) is 16.3. The number of hydrogen-bond donors (Lipinski definition) is 3. The fourth-order valence-corrected chi connectivity index (χ4v) is 1.94. The Balaban J connectivity index is 2.78. The van der Waals surface area contributed by atoms with Crippen molar-refractivity contribution in [1.29, 1.82) is 0 Å². The van der Waals surface area contributed by atoms with E-state index in [0.717, 1.165) is 19.4 Å². The quantitative estimate of drug-likeness (QED) is 0.685. The summed E-state index contributed by atoms with van der Waals surface area (Å²) >= 11 is 6.08. The van der Waals surface area contributed by atoms with Crippen LogP contribution in [0.25, 0.3) is 0 Å². The van der Waals surface area contributed by atoms with Crippen LogP contribution in [0, 0.1) is 5.41 Å². The first-order valence-electron chi connectivity index (χ1n) is 6.72. The van der Waals surface area contributed by atoms with E-state index < -0.39 is 0 Å². The van der Waals surface area contributed by atoms with Crippen molar-refractivity contribution in [3.8, 4) is 0 Å². The maximum absolute atomic E-state index is 9.54. The van der Waals surface area contributed by atoms with E-state index >= 15 is 0 Å². The molecule has 0 aliphatic heterocycles. The van der Waals surface area contributed by atoms with Crippen molar-refractivity contribution in [2.45, 2.75) is 33.6 Å². The molecule has 0 aliphatic carbocycles. The van der Waals surface area contributed by atoms with Gasteiger partial charge in [-0.05, 0) is 19.8 Å². The van der Waals surface area contributed by atoms with Crippen molar-refractivity contribution >= 4 is 23.4 Å². The molecule has 0 amide bonds. The molecule has 1 heterocycles. The number of rotatable bonds is 8. The van der Waals surface area contributed by atoms with Gasteiger partial charge in [-0.1, -0.05) is 25.4 Å². The van der Waals surface area contributed by atoms with Crippen molar-refractivity contribution in [3.63, 3.8) is 0 Å². The minimum atomic E-state index is -0.132. The highest BCUT2D eigenvalue weighted by molar-refractivity contribution is 6.32. The molecule has 0 saturated heterocycles. The number of halogens is 1. The fraction of sp³-hybridized carbons (Fsp3) is 0.692. The Morgan fingerprint density at radius 1 is 1.26 bits per heavy atom. The van der Waals surface area contributed by atoms with Gasteiger partial charge in [0.15, 0.2) is 5.82 Å². The van der Waals surface area contributed by atoms with Gasteiger partial charge in [-0.25, -0.2) is 4.98 Å². The normalized spacial score (nSPS) is 11.4. The molecule has 0 saturated carbocycles. The van der Waals surface area contributed by atoms with Gasteiger partial charge in [0.1, 0.15) is 5.02 Å². The summed E-state index contributed by atoms with van der Waals surface area (Å²) in [5.41, 5.74) is -0.132. The highest BCUT2D eigenvalue weighted by atomic mass is 35.5. The van der Waals surface area contributed by atoms with Crippen LogP contribution in [0.3, 0.4) is 0 Å². The summed E-state index contributed by atoms with van der Waals surface area (Å²) in [4.78, 5) is 8.41. The van der Waals surface area contributed by atoms with Gasteiger partial charge in [-0.2, -0.15) is 4.98 Å². The topological polar surface area (TPSA) is 70.1 Å². The first-order chi connectivity index (χ1) is 9.10. The van der Waals surface area contributed by atoms with Crippen molar-refractivity contribution in [2.75, 3.05) is 30.3 Å². The predicted octanol–water partition coefficient (Wildman–Crippen LogP) is 2.77. The van der Waals surface area contributed by atoms with Crippen LogP contribution in [0.5, 0.6) is 0 Å². The smallest absolute Gasteiger partial charge is 0.224 e. The second-order valence-electron chi connectivity index (χ2n) is 4.64. The molecule has 0 spiro atoms. The van der Waals surface area contributed by atoms with E-state index in [1.807, 2.05) is 6.92 Å². The third-order valence-corrected chi connectivity index (χ3v) is 3.82. The Kier molecular flexibility index (Phi) is 6.31. The summed E-state index contributed by atoms with van der Waals surface area (Å²) in [7, 11) is 0. The number of aliphatic hydroxyl groups is 1. The van der Waals surface area contributed by atoms with Gasteiger partial charge < -0.3 is 15.7 Å². The van der Waals surface area contributed by atoms with E-state index in [9.17, 15) is 5.11 Å². The van der Waals surface area contributed by atoms with Crippen molar-refractivity contribution in [2.24, 2.45) is 5.41 Å². The van der Waals surface area contributed by atoms with Crippen LogP contribution < -0.4 is 10.6 Å². The Morgan fingerprint density at radius 2 is 1.95 bits per heavy atom. The van der Waals surface area contributed by atoms with E-state index in [-0.39, 0.29) is 12.0 Å². The fourth-order valence-electron chi connectivity index (χ4n) is 1.79. The van der Waals surface area contributed by atoms with Gasteiger partial charge in [0.05, 0.1) is 12.8 Å². The van der Waals surface area contributed by atoms with E-state index in [0.29, 0.717) is 23.3 Å². The predicted molar refractivity (Wildman–Crippen MR) is 79.8 cm³/mol. The first kappa shape index (κ1) is 16.0. The average Bonchev–Trinajstić information content (AvgIpc) is 2.44. The van der Waals surface area contributed by atoms with Gasteiger partial charge in [0, 0.05) is 18.5 Å². The molecule has 0 unspecified atom stereocenters. The molecule has 0 radical (unpaired) electrons. The van der Waals surface area contributed by atoms with Crippen molar-refractivity contribution in [1.82, 2.24) is 9.97 Å². The molecule has 0 bridgehead atoms. The number of hydrogen-bond acceptors (Lipinski definition) is 5. The summed E-state index contributed by atoms with van der Waals surface area (Å²) in [6.45, 7) is 7.68. The average molecular weight is 287 g/mol. The largest absolute Gasteiger partial charge is 0.396 e. The maximum atomic E-state index is 9.54. The number of aliphatic hydroxyl groups excluding tert-OH is 1.